The Morgan fingerprint density at radius 3 is 1.82 bits per heavy atom. The summed E-state index contributed by atoms with van der Waals surface area (Å²) < 4.78 is 21.4. The van der Waals surface area contributed by atoms with Crippen LogP contribution in [-0.4, -0.2) is 28.4 Å². The Kier molecular flexibility index (Phi) is 4.94. The maximum atomic E-state index is 6.32. The second-order valence-corrected chi connectivity index (χ2v) is 4.53. The zero-order valence-corrected chi connectivity index (χ0v) is 13.2. The lowest BCUT2D eigenvalue weighted by atomic mass is 9.98. The summed E-state index contributed by atoms with van der Waals surface area (Å²) in [6.07, 6.45) is 0. The summed E-state index contributed by atoms with van der Waals surface area (Å²) in [4.78, 5) is 0. The highest BCUT2D eigenvalue weighted by molar-refractivity contribution is 5.82. The molecule has 0 amide bonds. The molecule has 4 heteroatoms. The third kappa shape index (κ3) is 2.86. The number of benzene rings is 2. The first-order valence-corrected chi connectivity index (χ1v) is 6.72. The second kappa shape index (κ2) is 6.89. The largest absolute Gasteiger partial charge is 0.496 e. The first-order chi connectivity index (χ1) is 10.7. The summed E-state index contributed by atoms with van der Waals surface area (Å²) in [7, 11) is 6.31. The first kappa shape index (κ1) is 15.8. The van der Waals surface area contributed by atoms with E-state index in [-0.39, 0.29) is 0 Å². The predicted octanol–water partition coefficient (Wildman–Crippen LogP) is 3.59. The average Bonchev–Trinajstić information content (AvgIpc) is 2.59. The van der Waals surface area contributed by atoms with Crippen molar-refractivity contribution in [2.24, 2.45) is 0 Å². The van der Waals surface area contributed by atoms with Gasteiger partial charge in [0, 0.05) is 5.56 Å². The molecule has 0 spiro atoms. The van der Waals surface area contributed by atoms with E-state index in [0.717, 1.165) is 11.1 Å². The van der Waals surface area contributed by atoms with E-state index < -0.39 is 0 Å². The van der Waals surface area contributed by atoms with Gasteiger partial charge in [-0.2, -0.15) is 0 Å². The average molecular weight is 299 g/mol. The third-order valence-corrected chi connectivity index (χ3v) is 3.37. The molecule has 2 aromatic rings. The quantitative estimate of drug-likeness (QED) is 0.817. The van der Waals surface area contributed by atoms with Gasteiger partial charge in [0.25, 0.3) is 0 Å². The van der Waals surface area contributed by atoms with Gasteiger partial charge in [0.2, 0.25) is 5.75 Å². The number of methoxy groups -OCH3 is 4. The zero-order valence-electron chi connectivity index (χ0n) is 13.2. The van der Waals surface area contributed by atoms with Crippen molar-refractivity contribution in [3.8, 4) is 23.0 Å². The van der Waals surface area contributed by atoms with Crippen LogP contribution in [0.5, 0.6) is 23.0 Å². The van der Waals surface area contributed by atoms with Gasteiger partial charge < -0.3 is 18.9 Å². The van der Waals surface area contributed by atoms with Crippen molar-refractivity contribution in [2.75, 3.05) is 28.4 Å². The molecule has 0 aliphatic heterocycles. The summed E-state index contributed by atoms with van der Waals surface area (Å²) in [5.41, 5.74) is 2.13. The summed E-state index contributed by atoms with van der Waals surface area (Å²) in [6, 6.07) is 11.2. The smallest absolute Gasteiger partial charge is 0.203 e. The molecule has 115 valence electrons. The van der Waals surface area contributed by atoms with Gasteiger partial charge in [0.05, 0.1) is 28.4 Å². The van der Waals surface area contributed by atoms with Gasteiger partial charge in [0.1, 0.15) is 5.75 Å². The zero-order chi connectivity index (χ0) is 16.1. The van der Waals surface area contributed by atoms with Crippen molar-refractivity contribution in [1.82, 2.24) is 0 Å². The maximum absolute atomic E-state index is 6.32. The lowest BCUT2D eigenvalue weighted by Gasteiger charge is -2.16. The van der Waals surface area contributed by atoms with E-state index in [1.807, 2.05) is 36.4 Å². The Labute approximate surface area is 130 Å². The van der Waals surface area contributed by atoms with Crippen LogP contribution in [0.15, 0.2) is 36.4 Å². The molecule has 0 saturated heterocycles. The van der Waals surface area contributed by atoms with Crippen molar-refractivity contribution in [1.29, 1.82) is 0 Å². The number of rotatable bonds is 6. The van der Waals surface area contributed by atoms with E-state index in [4.69, 9.17) is 25.5 Å². The van der Waals surface area contributed by atoms with E-state index in [2.05, 4.69) is 0 Å². The summed E-state index contributed by atoms with van der Waals surface area (Å²) in [6.45, 7) is 6.32. The van der Waals surface area contributed by atoms with Gasteiger partial charge in [0.15, 0.2) is 11.5 Å². The Bertz CT molecular complexity index is 652. The molecule has 2 rings (SSSR count). The monoisotopic (exact) mass is 299 g/mol. The van der Waals surface area contributed by atoms with E-state index in [1.54, 1.807) is 28.4 Å². The molecule has 0 saturated carbocycles. The van der Waals surface area contributed by atoms with E-state index in [1.165, 1.54) is 0 Å². The highest BCUT2D eigenvalue weighted by Gasteiger charge is 2.16. The minimum Gasteiger partial charge on any atom is -0.496 e. The molecule has 0 heterocycles. The van der Waals surface area contributed by atoms with Crippen LogP contribution in [0.2, 0.25) is 0 Å². The molecule has 4 nitrogen and oxygen atoms in total. The van der Waals surface area contributed by atoms with Gasteiger partial charge in [-0.05, 0) is 29.3 Å². The first-order valence-electron chi connectivity index (χ1n) is 6.72. The highest BCUT2D eigenvalue weighted by atomic mass is 16.5. The highest BCUT2D eigenvalue weighted by Crippen LogP contribution is 2.41. The molecule has 22 heavy (non-hydrogen) atoms. The molecule has 2 aromatic carbocycles. The van der Waals surface area contributed by atoms with Gasteiger partial charge in [-0.1, -0.05) is 24.8 Å². The minimum absolute atomic E-state index is 0.529. The fourth-order valence-corrected chi connectivity index (χ4v) is 2.26. The molecule has 0 N–H and O–H groups in total. The number of hydrogen-bond donors (Lipinski definition) is 0. The molecule has 0 atom stereocenters. The Morgan fingerprint density at radius 2 is 1.32 bits per heavy atom. The van der Waals surface area contributed by atoms with Crippen molar-refractivity contribution in [2.45, 2.75) is 0 Å². The fourth-order valence-electron chi connectivity index (χ4n) is 2.26. The summed E-state index contributed by atoms with van der Waals surface area (Å²) in [5, 5.41) is 0. The normalized spacial score (nSPS) is 10.0. The van der Waals surface area contributed by atoms with Gasteiger partial charge in [-0.3, -0.25) is 0 Å². The van der Waals surface area contributed by atoms with Crippen molar-refractivity contribution >= 4 is 5.57 Å². The van der Waals surface area contributed by atoms with Crippen LogP contribution in [-0.2, 0) is 0 Å². The molecule has 0 bridgehead atoms. The Balaban J connectivity index is 2.54. The van der Waals surface area contributed by atoms with Gasteiger partial charge in [-0.25, -0.2) is 0 Å². The van der Waals surface area contributed by atoms with Gasteiger partial charge in [-0.15, -0.1) is 0 Å². The second-order valence-electron chi connectivity index (χ2n) is 4.53. The number of ether oxygens (including phenoxy) is 4. The standard InChI is InChI=1S/C18H19O4/c1-12(14-8-6-7-9-15(14)19-2)13-10-16(20-3)18(22-5)17(11-13)21-4/h1,6-11H,2-5H3. The van der Waals surface area contributed by atoms with Crippen molar-refractivity contribution in [3.05, 3.63) is 54.1 Å². The molecule has 0 fully saturated rings. The summed E-state index contributed by atoms with van der Waals surface area (Å²) >= 11 is 0. The van der Waals surface area contributed by atoms with Crippen molar-refractivity contribution < 1.29 is 18.9 Å². The molecule has 0 aromatic heterocycles. The van der Waals surface area contributed by atoms with E-state index >= 15 is 0 Å². The van der Waals surface area contributed by atoms with Crippen LogP contribution in [0, 0.1) is 6.58 Å². The van der Waals surface area contributed by atoms with Crippen LogP contribution in [0.25, 0.3) is 5.57 Å². The molecular formula is C18H19O4. The number of hydrogen-bond acceptors (Lipinski definition) is 4. The fraction of sp³-hybridized carbons (Fsp3) is 0.222. The van der Waals surface area contributed by atoms with Crippen LogP contribution >= 0.6 is 0 Å². The van der Waals surface area contributed by atoms with Crippen LogP contribution in [0.4, 0.5) is 0 Å². The molecule has 1 radical (unpaired) electrons. The van der Waals surface area contributed by atoms with Gasteiger partial charge >= 0.3 is 0 Å². The third-order valence-electron chi connectivity index (χ3n) is 3.37. The lowest BCUT2D eigenvalue weighted by molar-refractivity contribution is 0.324. The molecule has 0 aliphatic carbocycles. The van der Waals surface area contributed by atoms with Crippen molar-refractivity contribution in [3.63, 3.8) is 0 Å². The molecular weight excluding hydrogens is 280 g/mol. The van der Waals surface area contributed by atoms with Crippen LogP contribution in [0.3, 0.4) is 0 Å². The Morgan fingerprint density at radius 1 is 0.773 bits per heavy atom. The Hall–Kier alpha value is -2.62. The lowest BCUT2D eigenvalue weighted by Crippen LogP contribution is -1.98. The summed E-state index contributed by atoms with van der Waals surface area (Å²) in [5.74, 6) is 2.33. The number of para-hydroxylation sites is 1. The predicted molar refractivity (Wildman–Crippen MR) is 85.9 cm³/mol. The van der Waals surface area contributed by atoms with E-state index in [0.29, 0.717) is 28.6 Å². The molecule has 0 aliphatic rings. The SMILES string of the molecule is [CH]=C(c1cc(OC)c(OC)c(OC)c1)c1ccccc1OC. The maximum Gasteiger partial charge on any atom is 0.203 e. The van der Waals surface area contributed by atoms with E-state index in [9.17, 15) is 0 Å². The van der Waals surface area contributed by atoms with Crippen LogP contribution in [0.1, 0.15) is 11.1 Å². The topological polar surface area (TPSA) is 36.9 Å². The minimum atomic E-state index is 0.529. The van der Waals surface area contributed by atoms with Crippen LogP contribution < -0.4 is 18.9 Å². The molecule has 0 unspecified atom stereocenters.